The zero-order chi connectivity index (χ0) is 20.0. The van der Waals surface area contributed by atoms with Crippen molar-refractivity contribution in [3.05, 3.63) is 58.4 Å². The Bertz CT molecular complexity index is 850. The van der Waals surface area contributed by atoms with Crippen LogP contribution in [0, 0.1) is 17.1 Å². The third-order valence-corrected chi connectivity index (χ3v) is 4.36. The molecule has 0 aliphatic heterocycles. The number of nitrogens with zero attached hydrogens (tertiary/aromatic N) is 1. The summed E-state index contributed by atoms with van der Waals surface area (Å²) in [5, 5.41) is 12.2. The second-order valence-electron chi connectivity index (χ2n) is 6.22. The molecule has 0 fully saturated rings. The molecule has 0 spiro atoms. The molecule has 27 heavy (non-hydrogen) atoms. The van der Waals surface area contributed by atoms with Gasteiger partial charge in [0.2, 0.25) is 5.91 Å². The van der Waals surface area contributed by atoms with Gasteiger partial charge in [-0.2, -0.15) is 5.26 Å². The highest BCUT2D eigenvalue weighted by atomic mass is 35.5. The number of nitrogens with two attached hydrogens (primary N) is 1. The van der Waals surface area contributed by atoms with Gasteiger partial charge in [0, 0.05) is 24.1 Å². The molecule has 0 heterocycles. The molecule has 2 aromatic carbocycles. The second-order valence-corrected chi connectivity index (χ2v) is 6.62. The molecule has 2 rings (SSSR count). The van der Waals surface area contributed by atoms with Gasteiger partial charge in [-0.25, -0.2) is 4.39 Å². The van der Waals surface area contributed by atoms with Crippen molar-refractivity contribution in [1.82, 2.24) is 5.32 Å². The van der Waals surface area contributed by atoms with Crippen LogP contribution < -0.4 is 15.8 Å². The Morgan fingerprint density at radius 2 is 2.00 bits per heavy atom. The molecule has 5 nitrogen and oxygen atoms in total. The summed E-state index contributed by atoms with van der Waals surface area (Å²) in [5.74, 6) is -0.708. The molecule has 7 heteroatoms. The first kappa shape index (κ1) is 20.7. The molecule has 142 valence electrons. The highest BCUT2D eigenvalue weighted by Crippen LogP contribution is 2.36. The van der Waals surface area contributed by atoms with Crippen LogP contribution in [0.15, 0.2) is 36.4 Å². The van der Waals surface area contributed by atoms with E-state index in [9.17, 15) is 4.79 Å². The average Bonchev–Trinajstić information content (AvgIpc) is 2.63. The third kappa shape index (κ3) is 5.43. The van der Waals surface area contributed by atoms with Crippen molar-refractivity contribution < 1.29 is 13.9 Å². The number of benzene rings is 2. The van der Waals surface area contributed by atoms with Gasteiger partial charge in [-0.3, -0.25) is 4.79 Å². The van der Waals surface area contributed by atoms with Crippen LogP contribution in [-0.2, 0) is 4.79 Å². The van der Waals surface area contributed by atoms with E-state index in [0.29, 0.717) is 23.3 Å². The molecule has 0 saturated heterocycles. The van der Waals surface area contributed by atoms with E-state index in [4.69, 9.17) is 27.3 Å². The number of carbonyl (C=O) groups excluding carboxylic acids is 1. The first-order valence-corrected chi connectivity index (χ1v) is 8.93. The number of carbonyl (C=O) groups is 1. The van der Waals surface area contributed by atoms with Gasteiger partial charge in [0.25, 0.3) is 0 Å². The number of hydrogen-bond donors (Lipinski definition) is 2. The van der Waals surface area contributed by atoms with E-state index in [-0.39, 0.29) is 29.3 Å². The van der Waals surface area contributed by atoms with Crippen LogP contribution in [0.2, 0.25) is 5.02 Å². The van der Waals surface area contributed by atoms with Gasteiger partial charge >= 0.3 is 0 Å². The molecule has 0 saturated carbocycles. The zero-order valence-corrected chi connectivity index (χ0v) is 15.9. The summed E-state index contributed by atoms with van der Waals surface area (Å²) in [4.78, 5) is 11.1. The summed E-state index contributed by atoms with van der Waals surface area (Å²) >= 11 is 6.13. The summed E-state index contributed by atoms with van der Waals surface area (Å²) in [7, 11) is 0. The molecule has 3 N–H and O–H groups in total. The van der Waals surface area contributed by atoms with Crippen LogP contribution in [0.5, 0.6) is 11.5 Å². The molecule has 2 aromatic rings. The van der Waals surface area contributed by atoms with E-state index < -0.39 is 11.7 Å². The zero-order valence-electron chi connectivity index (χ0n) is 15.1. The van der Waals surface area contributed by atoms with Crippen LogP contribution in [0.25, 0.3) is 0 Å². The number of primary amides is 1. The fraction of sp³-hybridized carbons (Fsp3) is 0.300. The summed E-state index contributed by atoms with van der Waals surface area (Å²) < 4.78 is 20.7. The fourth-order valence-electron chi connectivity index (χ4n) is 2.76. The lowest BCUT2D eigenvalue weighted by molar-refractivity contribution is -0.118. The summed E-state index contributed by atoms with van der Waals surface area (Å²) in [6.07, 6.45) is 0.748. The Balaban J connectivity index is 2.29. The number of amides is 1. The Kier molecular flexibility index (Phi) is 7.17. The van der Waals surface area contributed by atoms with Crippen LogP contribution in [0.4, 0.5) is 4.39 Å². The molecule has 0 radical (unpaired) electrons. The van der Waals surface area contributed by atoms with Crippen molar-refractivity contribution >= 4 is 17.5 Å². The van der Waals surface area contributed by atoms with E-state index in [0.717, 1.165) is 0 Å². The second kappa shape index (κ2) is 9.36. The Labute approximate surface area is 162 Å². The molecule has 1 amide bonds. The maximum absolute atomic E-state index is 15.1. The highest BCUT2D eigenvalue weighted by Gasteiger charge is 2.22. The predicted octanol–water partition coefficient (Wildman–Crippen LogP) is 4.45. The summed E-state index contributed by atoms with van der Waals surface area (Å²) in [5.41, 5.74) is 6.08. The van der Waals surface area contributed by atoms with Crippen molar-refractivity contribution in [2.24, 2.45) is 5.73 Å². The topological polar surface area (TPSA) is 88.1 Å². The van der Waals surface area contributed by atoms with Crippen LogP contribution >= 0.6 is 11.6 Å². The molecule has 0 bridgehead atoms. The SMILES string of the molecule is CC[C@@H](N[C@@H](C)CC(N)=O)c1ccc(Cl)c(Oc2ccc(C#N)cc2)c1F. The number of nitriles is 1. The van der Waals surface area contributed by atoms with Gasteiger partial charge in [-0.1, -0.05) is 24.6 Å². The largest absolute Gasteiger partial charge is 0.453 e. The van der Waals surface area contributed by atoms with Crippen LogP contribution in [-0.4, -0.2) is 11.9 Å². The quantitative estimate of drug-likeness (QED) is 0.698. The van der Waals surface area contributed by atoms with Gasteiger partial charge in [-0.05, 0) is 43.7 Å². The van der Waals surface area contributed by atoms with Crippen molar-refractivity contribution in [1.29, 1.82) is 5.26 Å². The van der Waals surface area contributed by atoms with E-state index in [1.54, 1.807) is 36.4 Å². The third-order valence-electron chi connectivity index (χ3n) is 4.06. The first-order chi connectivity index (χ1) is 12.8. The fourth-order valence-corrected chi connectivity index (χ4v) is 2.94. The predicted molar refractivity (Wildman–Crippen MR) is 102 cm³/mol. The molecular weight excluding hydrogens is 369 g/mol. The first-order valence-electron chi connectivity index (χ1n) is 8.56. The Hall–Kier alpha value is -2.62. The van der Waals surface area contributed by atoms with Crippen molar-refractivity contribution in [2.75, 3.05) is 0 Å². The Morgan fingerprint density at radius 3 is 2.56 bits per heavy atom. The molecular formula is C20H21ClFN3O2. The lowest BCUT2D eigenvalue weighted by Crippen LogP contribution is -2.34. The maximum atomic E-state index is 15.1. The van der Waals surface area contributed by atoms with Gasteiger partial charge in [0.15, 0.2) is 11.6 Å². The van der Waals surface area contributed by atoms with E-state index in [2.05, 4.69) is 5.32 Å². The molecule has 0 aromatic heterocycles. The van der Waals surface area contributed by atoms with Gasteiger partial charge in [-0.15, -0.1) is 0 Å². The number of hydrogen-bond acceptors (Lipinski definition) is 4. The maximum Gasteiger partial charge on any atom is 0.218 e. The minimum atomic E-state index is -0.572. The molecule has 0 aliphatic rings. The van der Waals surface area contributed by atoms with Crippen LogP contribution in [0.1, 0.15) is 43.9 Å². The summed E-state index contributed by atoms with van der Waals surface area (Å²) in [6, 6.07) is 10.9. The standard InChI is InChI=1S/C20H21ClFN3O2/c1-3-17(25-12(2)10-18(24)26)15-8-9-16(21)20(19(15)22)27-14-6-4-13(11-23)5-7-14/h4-9,12,17,25H,3,10H2,1-2H3,(H2,24,26)/t12-,17+/m0/s1. The molecule has 0 aliphatic carbocycles. The van der Waals surface area contributed by atoms with E-state index in [1.165, 1.54) is 0 Å². The Morgan fingerprint density at radius 1 is 1.33 bits per heavy atom. The minimum absolute atomic E-state index is 0.0818. The number of nitrogens with one attached hydrogen (secondary N) is 1. The van der Waals surface area contributed by atoms with Gasteiger partial charge in [0.05, 0.1) is 16.7 Å². The van der Waals surface area contributed by atoms with Crippen LogP contribution in [0.3, 0.4) is 0 Å². The normalized spacial score (nSPS) is 12.9. The number of halogens is 2. The lowest BCUT2D eigenvalue weighted by Gasteiger charge is -2.23. The van der Waals surface area contributed by atoms with Crippen molar-refractivity contribution in [2.45, 2.75) is 38.8 Å². The lowest BCUT2D eigenvalue weighted by atomic mass is 10.0. The summed E-state index contributed by atoms with van der Waals surface area (Å²) in [6.45, 7) is 3.72. The molecule has 0 unspecified atom stereocenters. The average molecular weight is 390 g/mol. The van der Waals surface area contributed by atoms with Gasteiger partial charge in [0.1, 0.15) is 5.75 Å². The smallest absolute Gasteiger partial charge is 0.218 e. The monoisotopic (exact) mass is 389 g/mol. The minimum Gasteiger partial charge on any atom is -0.453 e. The molecule has 2 atom stereocenters. The highest BCUT2D eigenvalue weighted by molar-refractivity contribution is 6.32. The van der Waals surface area contributed by atoms with Gasteiger partial charge < -0.3 is 15.8 Å². The van der Waals surface area contributed by atoms with Crippen molar-refractivity contribution in [3.63, 3.8) is 0 Å². The van der Waals surface area contributed by atoms with E-state index in [1.807, 2.05) is 19.9 Å². The van der Waals surface area contributed by atoms with Crippen molar-refractivity contribution in [3.8, 4) is 17.6 Å². The van der Waals surface area contributed by atoms with E-state index >= 15 is 4.39 Å². The number of rotatable bonds is 8. The number of ether oxygens (including phenoxy) is 1.